The van der Waals surface area contributed by atoms with Gasteiger partial charge >= 0.3 is 0 Å². The molecular weight excluding hydrogens is 312 g/mol. The fraction of sp³-hybridized carbons (Fsp3) is 0.0714. The Bertz CT molecular complexity index is 919. The summed E-state index contributed by atoms with van der Waals surface area (Å²) in [6.45, 7) is 0. The van der Waals surface area contributed by atoms with Gasteiger partial charge in [0.15, 0.2) is 0 Å². The van der Waals surface area contributed by atoms with Crippen LogP contribution in [0.25, 0.3) is 11.0 Å². The van der Waals surface area contributed by atoms with Crippen LogP contribution < -0.4 is 4.74 Å². The number of rotatable bonds is 3. The topological polar surface area (TPSA) is 61.2 Å². The second kappa shape index (κ2) is 5.05. The molecule has 0 N–H and O–H groups in total. The van der Waals surface area contributed by atoms with Crippen molar-refractivity contribution in [1.82, 2.24) is 8.96 Å². The third kappa shape index (κ3) is 2.26. The van der Waals surface area contributed by atoms with Crippen molar-refractivity contribution in [3.63, 3.8) is 0 Å². The number of fused-ring (bicyclic) bond motifs is 1. The summed E-state index contributed by atoms with van der Waals surface area (Å²) in [5.41, 5.74) is 1.13. The highest BCUT2D eigenvalue weighted by Gasteiger charge is 2.20. The fourth-order valence-electron chi connectivity index (χ4n) is 2.04. The lowest BCUT2D eigenvalue weighted by Crippen LogP contribution is -2.12. The van der Waals surface area contributed by atoms with Crippen LogP contribution in [0, 0.1) is 0 Å². The number of imidazole rings is 1. The first-order valence-corrected chi connectivity index (χ1v) is 7.87. The second-order valence-corrected chi connectivity index (χ2v) is 6.55. The zero-order valence-corrected chi connectivity index (χ0v) is 12.6. The molecule has 5 nitrogen and oxygen atoms in total. The lowest BCUT2D eigenvalue weighted by molar-refractivity contribution is 0.413. The van der Waals surface area contributed by atoms with Gasteiger partial charge in [-0.25, -0.2) is 17.4 Å². The minimum atomic E-state index is -3.76. The summed E-state index contributed by atoms with van der Waals surface area (Å²) in [5.74, 6) is 0.308. The number of nitrogens with zero attached hydrogens (tertiary/aromatic N) is 2. The molecule has 7 heteroatoms. The van der Waals surface area contributed by atoms with Crippen LogP contribution in [0.3, 0.4) is 0 Å². The normalized spacial score (nSPS) is 11.7. The molecule has 1 aromatic heterocycles. The van der Waals surface area contributed by atoms with Crippen molar-refractivity contribution in [3.05, 3.63) is 53.8 Å². The average Bonchev–Trinajstić information content (AvgIpc) is 2.92. The molecular formula is C14H11ClN2O3S. The molecule has 0 aliphatic carbocycles. The first-order chi connectivity index (χ1) is 10.0. The molecule has 3 rings (SSSR count). The zero-order valence-electron chi connectivity index (χ0n) is 11.0. The summed E-state index contributed by atoms with van der Waals surface area (Å²) in [7, 11) is -2.32. The van der Waals surface area contributed by atoms with Crippen molar-refractivity contribution in [2.75, 3.05) is 7.11 Å². The predicted molar refractivity (Wildman–Crippen MR) is 80.3 cm³/mol. The number of hydrogen-bond donors (Lipinski definition) is 0. The van der Waals surface area contributed by atoms with Gasteiger partial charge in [0.1, 0.15) is 12.1 Å². The van der Waals surface area contributed by atoms with Crippen LogP contribution in [-0.2, 0) is 10.0 Å². The van der Waals surface area contributed by atoms with Gasteiger partial charge in [0, 0.05) is 6.07 Å². The Kier molecular flexibility index (Phi) is 3.35. The molecule has 21 heavy (non-hydrogen) atoms. The van der Waals surface area contributed by atoms with E-state index in [-0.39, 0.29) is 4.90 Å². The maximum Gasteiger partial charge on any atom is 0.269 e. The van der Waals surface area contributed by atoms with Gasteiger partial charge in [0.2, 0.25) is 0 Å². The van der Waals surface area contributed by atoms with E-state index in [0.29, 0.717) is 21.8 Å². The fourth-order valence-corrected chi connectivity index (χ4v) is 3.54. The smallest absolute Gasteiger partial charge is 0.269 e. The van der Waals surface area contributed by atoms with Gasteiger partial charge in [0.25, 0.3) is 10.0 Å². The minimum Gasteiger partial charge on any atom is -0.495 e. The van der Waals surface area contributed by atoms with Gasteiger partial charge < -0.3 is 4.74 Å². The Morgan fingerprint density at radius 3 is 2.71 bits per heavy atom. The number of halogens is 1. The molecule has 3 aromatic rings. The van der Waals surface area contributed by atoms with Crippen LogP contribution in [0.4, 0.5) is 0 Å². The monoisotopic (exact) mass is 322 g/mol. The highest BCUT2D eigenvalue weighted by atomic mass is 35.5. The standard InChI is InChI=1S/C14H11ClN2O3S/c1-20-14-8-10(6-7-11(14)15)21(18,19)17-9-16-12-4-2-3-5-13(12)17/h2-9H,1H3. The Labute approximate surface area is 126 Å². The summed E-state index contributed by atoms with van der Waals surface area (Å²) >= 11 is 5.93. The molecule has 0 saturated heterocycles. The van der Waals surface area contributed by atoms with Crippen molar-refractivity contribution in [1.29, 1.82) is 0 Å². The van der Waals surface area contributed by atoms with Crippen molar-refractivity contribution < 1.29 is 13.2 Å². The van der Waals surface area contributed by atoms with E-state index in [4.69, 9.17) is 16.3 Å². The van der Waals surface area contributed by atoms with E-state index >= 15 is 0 Å². The molecule has 0 spiro atoms. The minimum absolute atomic E-state index is 0.0897. The molecule has 2 aromatic carbocycles. The number of ether oxygens (including phenoxy) is 1. The van der Waals surface area contributed by atoms with E-state index < -0.39 is 10.0 Å². The molecule has 1 heterocycles. The number of para-hydroxylation sites is 2. The number of methoxy groups -OCH3 is 1. The second-order valence-electron chi connectivity index (χ2n) is 4.33. The van der Waals surface area contributed by atoms with Crippen LogP contribution in [0.1, 0.15) is 0 Å². The molecule has 0 fully saturated rings. The quantitative estimate of drug-likeness (QED) is 0.744. The summed E-state index contributed by atoms with van der Waals surface area (Å²) in [6, 6.07) is 11.3. The molecule has 108 valence electrons. The maximum atomic E-state index is 12.7. The van der Waals surface area contributed by atoms with Crippen LogP contribution in [0.5, 0.6) is 5.75 Å². The van der Waals surface area contributed by atoms with Crippen molar-refractivity contribution >= 4 is 32.7 Å². The molecule has 0 bridgehead atoms. The van der Waals surface area contributed by atoms with E-state index in [1.54, 1.807) is 24.3 Å². The third-order valence-corrected chi connectivity index (χ3v) is 5.07. The predicted octanol–water partition coefficient (Wildman–Crippen LogP) is 2.94. The Morgan fingerprint density at radius 1 is 1.19 bits per heavy atom. The van der Waals surface area contributed by atoms with Gasteiger partial charge in [-0.2, -0.15) is 0 Å². The Hall–Kier alpha value is -2.05. The van der Waals surface area contributed by atoms with E-state index in [1.165, 1.54) is 31.6 Å². The molecule has 0 atom stereocenters. The van der Waals surface area contributed by atoms with Gasteiger partial charge in [-0.1, -0.05) is 23.7 Å². The van der Waals surface area contributed by atoms with Gasteiger partial charge in [-0.3, -0.25) is 0 Å². The van der Waals surface area contributed by atoms with Gasteiger partial charge in [-0.15, -0.1) is 0 Å². The van der Waals surface area contributed by atoms with Crippen molar-refractivity contribution in [2.45, 2.75) is 4.90 Å². The first kappa shape index (κ1) is 13.9. The van der Waals surface area contributed by atoms with E-state index in [2.05, 4.69) is 4.98 Å². The maximum absolute atomic E-state index is 12.7. The number of hydrogen-bond acceptors (Lipinski definition) is 4. The van der Waals surface area contributed by atoms with E-state index in [1.807, 2.05) is 0 Å². The molecule has 0 aliphatic rings. The summed E-state index contributed by atoms with van der Waals surface area (Å²) in [6.07, 6.45) is 1.29. The third-order valence-electron chi connectivity index (χ3n) is 3.10. The van der Waals surface area contributed by atoms with E-state index in [9.17, 15) is 8.42 Å². The summed E-state index contributed by atoms with van der Waals surface area (Å²) in [4.78, 5) is 4.19. The van der Waals surface area contributed by atoms with Crippen molar-refractivity contribution in [2.24, 2.45) is 0 Å². The largest absolute Gasteiger partial charge is 0.495 e. The SMILES string of the molecule is COc1cc(S(=O)(=O)n2cnc3ccccc32)ccc1Cl. The Morgan fingerprint density at radius 2 is 1.95 bits per heavy atom. The van der Waals surface area contributed by atoms with Crippen LogP contribution >= 0.6 is 11.6 Å². The van der Waals surface area contributed by atoms with Gasteiger partial charge in [-0.05, 0) is 24.3 Å². The molecule has 0 unspecified atom stereocenters. The highest BCUT2D eigenvalue weighted by Crippen LogP contribution is 2.29. The number of benzene rings is 2. The Balaban J connectivity index is 2.21. The van der Waals surface area contributed by atoms with Crippen LogP contribution in [0.2, 0.25) is 5.02 Å². The molecule has 0 aliphatic heterocycles. The highest BCUT2D eigenvalue weighted by molar-refractivity contribution is 7.90. The van der Waals surface area contributed by atoms with Crippen LogP contribution in [0.15, 0.2) is 53.7 Å². The lowest BCUT2D eigenvalue weighted by Gasteiger charge is -2.09. The molecule has 0 radical (unpaired) electrons. The average molecular weight is 323 g/mol. The summed E-state index contributed by atoms with van der Waals surface area (Å²) in [5, 5.41) is 0.354. The van der Waals surface area contributed by atoms with Gasteiger partial charge in [0.05, 0.1) is 28.1 Å². The van der Waals surface area contributed by atoms with E-state index in [0.717, 1.165) is 3.97 Å². The molecule has 0 amide bonds. The summed E-state index contributed by atoms with van der Waals surface area (Å²) < 4.78 is 31.6. The van der Waals surface area contributed by atoms with Crippen LogP contribution in [-0.4, -0.2) is 24.5 Å². The lowest BCUT2D eigenvalue weighted by atomic mass is 10.3. The van der Waals surface area contributed by atoms with Crippen molar-refractivity contribution in [3.8, 4) is 5.75 Å². The molecule has 0 saturated carbocycles. The first-order valence-electron chi connectivity index (χ1n) is 6.05. The zero-order chi connectivity index (χ0) is 15.0. The number of aromatic nitrogens is 2.